The minimum atomic E-state index is -0.430. The molecule has 0 unspecified atom stereocenters. The number of nitrogens with two attached hydrogens (primary N) is 1. The summed E-state index contributed by atoms with van der Waals surface area (Å²) in [7, 11) is 1.50. The number of piperazine rings is 1. The molecule has 1 aliphatic rings. The van der Waals surface area contributed by atoms with Crippen LogP contribution in [-0.2, 0) is 11.4 Å². The van der Waals surface area contributed by atoms with E-state index in [4.69, 9.17) is 33.8 Å². The van der Waals surface area contributed by atoms with Crippen LogP contribution in [0.2, 0.25) is 10.0 Å². The minimum Gasteiger partial charge on any atom is -0.399 e. The fraction of sp³-hybridized carbons (Fsp3) is 0.296. The van der Waals surface area contributed by atoms with E-state index in [0.717, 1.165) is 5.56 Å². The number of aromatic nitrogens is 2. The molecule has 0 bridgehead atoms. The van der Waals surface area contributed by atoms with Gasteiger partial charge in [-0.2, -0.15) is 0 Å². The number of aryl methyl sites for hydroxylation is 1. The highest BCUT2D eigenvalue weighted by Gasteiger charge is 2.24. The van der Waals surface area contributed by atoms with Crippen molar-refractivity contribution in [2.75, 3.05) is 50.5 Å². The van der Waals surface area contributed by atoms with E-state index in [0.29, 0.717) is 88.0 Å². The monoisotopic (exact) mass is 588 g/mol. The molecule has 2 aromatic carbocycles. The summed E-state index contributed by atoms with van der Waals surface area (Å²) >= 11 is 13.7. The number of hydrogen-bond acceptors (Lipinski definition) is 8. The van der Waals surface area contributed by atoms with Gasteiger partial charge in [0.05, 0.1) is 27.5 Å². The number of halogens is 3. The van der Waals surface area contributed by atoms with Crippen LogP contribution in [-0.4, -0.2) is 60.0 Å². The van der Waals surface area contributed by atoms with Crippen LogP contribution in [0.5, 0.6) is 0 Å². The van der Waals surface area contributed by atoms with Gasteiger partial charge >= 0.3 is 0 Å². The third-order valence-electron chi connectivity index (χ3n) is 6.82. The van der Waals surface area contributed by atoms with Crippen LogP contribution in [0.1, 0.15) is 12.5 Å². The van der Waals surface area contributed by atoms with Crippen LogP contribution in [0.4, 0.5) is 15.2 Å². The average Bonchev–Trinajstić information content (AvgIpc) is 3.35. The molecule has 4 aromatic rings. The molecule has 2 aromatic heterocycles. The first-order valence-corrected chi connectivity index (χ1v) is 14.0. The van der Waals surface area contributed by atoms with Gasteiger partial charge in [0.25, 0.3) is 0 Å². The van der Waals surface area contributed by atoms with E-state index in [1.54, 1.807) is 29.8 Å². The van der Waals surface area contributed by atoms with Crippen molar-refractivity contribution in [3.8, 4) is 11.3 Å². The van der Waals surface area contributed by atoms with E-state index >= 15 is 4.39 Å². The number of fused-ring (bicyclic) bond motifs is 1. The molecular formula is C27H27Cl2FN6O2S. The summed E-state index contributed by atoms with van der Waals surface area (Å²) in [6, 6.07) is 8.38. The lowest BCUT2D eigenvalue weighted by Gasteiger charge is -2.36. The molecule has 0 atom stereocenters. The van der Waals surface area contributed by atoms with Crippen LogP contribution >= 0.6 is 34.5 Å². The molecule has 8 nitrogen and oxygen atoms in total. The molecule has 1 saturated heterocycles. The summed E-state index contributed by atoms with van der Waals surface area (Å²) in [5.74, 6) is -0.430. The Bertz CT molecular complexity index is 1610. The van der Waals surface area contributed by atoms with Gasteiger partial charge in [-0.15, -0.1) is 11.3 Å². The first-order valence-electron chi connectivity index (χ1n) is 12.4. The molecule has 0 aliphatic carbocycles. The van der Waals surface area contributed by atoms with Crippen LogP contribution < -0.4 is 16.1 Å². The van der Waals surface area contributed by atoms with E-state index in [-0.39, 0.29) is 5.43 Å². The summed E-state index contributed by atoms with van der Waals surface area (Å²) in [5, 5.41) is 7.68. The maximum absolute atomic E-state index is 15.5. The number of oxime groups is 1. The number of thiazole rings is 1. The van der Waals surface area contributed by atoms with Crippen molar-refractivity contribution in [2.24, 2.45) is 5.16 Å². The maximum atomic E-state index is 15.5. The zero-order valence-electron chi connectivity index (χ0n) is 21.5. The largest absolute Gasteiger partial charge is 0.399 e. The van der Waals surface area contributed by atoms with Crippen molar-refractivity contribution >= 4 is 62.0 Å². The summed E-state index contributed by atoms with van der Waals surface area (Å²) in [4.78, 5) is 26.8. The number of rotatable bonds is 7. The summed E-state index contributed by atoms with van der Waals surface area (Å²) in [6.45, 7) is 5.66. The van der Waals surface area contributed by atoms with E-state index in [9.17, 15) is 4.79 Å². The van der Waals surface area contributed by atoms with E-state index < -0.39 is 5.82 Å². The number of benzene rings is 2. The topological polar surface area (TPSA) is 89.0 Å². The van der Waals surface area contributed by atoms with E-state index in [1.807, 2.05) is 22.5 Å². The van der Waals surface area contributed by atoms with Gasteiger partial charge in [0.1, 0.15) is 18.6 Å². The Morgan fingerprint density at radius 1 is 1.21 bits per heavy atom. The lowest BCUT2D eigenvalue weighted by atomic mass is 10.1. The first-order chi connectivity index (χ1) is 18.8. The lowest BCUT2D eigenvalue weighted by Crippen LogP contribution is -2.48. The minimum absolute atomic E-state index is 0.263. The molecule has 1 fully saturated rings. The third-order valence-corrected chi connectivity index (χ3v) is 8.04. The Kier molecular flexibility index (Phi) is 8.08. The summed E-state index contributed by atoms with van der Waals surface area (Å²) in [6.07, 6.45) is 1.78. The Morgan fingerprint density at radius 2 is 1.97 bits per heavy atom. The molecule has 0 radical (unpaired) electrons. The van der Waals surface area contributed by atoms with E-state index in [1.165, 1.54) is 24.5 Å². The average molecular weight is 590 g/mol. The summed E-state index contributed by atoms with van der Waals surface area (Å²) in [5.41, 5.74) is 9.02. The predicted molar refractivity (Wildman–Crippen MR) is 158 cm³/mol. The SMILES string of the molecule is CCn1cc(-c2csc(N)n2)c(=O)c2cc(F)c(N3CCN(C/C(=N/OC)c4ccc(Cl)cc4Cl)CC3)cc21. The first kappa shape index (κ1) is 27.4. The van der Waals surface area contributed by atoms with Crippen molar-refractivity contribution < 1.29 is 9.23 Å². The molecular weight excluding hydrogens is 562 g/mol. The smallest absolute Gasteiger partial charge is 0.198 e. The molecule has 0 saturated carbocycles. The van der Waals surface area contributed by atoms with Crippen molar-refractivity contribution in [2.45, 2.75) is 13.5 Å². The Morgan fingerprint density at radius 3 is 2.62 bits per heavy atom. The zero-order chi connectivity index (χ0) is 27.7. The number of pyridine rings is 1. The molecule has 39 heavy (non-hydrogen) atoms. The van der Waals surface area contributed by atoms with Crippen LogP contribution in [0.25, 0.3) is 22.2 Å². The Balaban J connectivity index is 1.38. The van der Waals surface area contributed by atoms with Gasteiger partial charge in [0.2, 0.25) is 0 Å². The highest BCUT2D eigenvalue weighted by Crippen LogP contribution is 2.29. The van der Waals surface area contributed by atoms with Gasteiger partial charge in [0.15, 0.2) is 10.6 Å². The maximum Gasteiger partial charge on any atom is 0.198 e. The van der Waals surface area contributed by atoms with Crippen molar-refractivity contribution in [1.82, 2.24) is 14.5 Å². The molecule has 3 heterocycles. The number of hydrogen-bond donors (Lipinski definition) is 1. The molecule has 1 aliphatic heterocycles. The standard InChI is InChI=1S/C27H27Cl2FN6O2S/c1-3-35-13-19(23-15-39-27(31)32-23)26(37)18-11-21(30)25(12-24(18)35)36-8-6-34(7-9-36)14-22(33-38-2)17-5-4-16(28)10-20(17)29/h4-5,10-13,15H,3,6-9,14H2,1-2H3,(H2,31,32)/b33-22-. The quantitative estimate of drug-likeness (QED) is 0.231. The molecule has 204 valence electrons. The molecule has 0 spiro atoms. The number of nitrogen functional groups attached to an aromatic ring is 1. The van der Waals surface area contributed by atoms with Gasteiger partial charge in [-0.25, -0.2) is 9.37 Å². The van der Waals surface area contributed by atoms with Gasteiger partial charge in [-0.3, -0.25) is 9.69 Å². The highest BCUT2D eigenvalue weighted by molar-refractivity contribution is 7.13. The van der Waals surface area contributed by atoms with Crippen LogP contribution in [0.3, 0.4) is 0 Å². The fourth-order valence-electron chi connectivity index (χ4n) is 4.85. The fourth-order valence-corrected chi connectivity index (χ4v) is 5.93. The normalized spacial score (nSPS) is 14.8. The van der Waals surface area contributed by atoms with Gasteiger partial charge in [-0.05, 0) is 37.3 Å². The number of anilines is 2. The third kappa shape index (κ3) is 5.60. The van der Waals surface area contributed by atoms with Crippen LogP contribution in [0.15, 0.2) is 51.9 Å². The Labute approximate surface area is 239 Å². The lowest BCUT2D eigenvalue weighted by molar-refractivity contribution is 0.209. The zero-order valence-corrected chi connectivity index (χ0v) is 23.8. The predicted octanol–water partition coefficient (Wildman–Crippen LogP) is 5.35. The van der Waals surface area contributed by atoms with Crippen molar-refractivity contribution in [3.63, 3.8) is 0 Å². The second-order valence-corrected chi connectivity index (χ2v) is 10.9. The molecule has 12 heteroatoms. The van der Waals surface area contributed by atoms with Gasteiger partial charge in [0, 0.05) is 66.8 Å². The number of nitrogens with zero attached hydrogens (tertiary/aromatic N) is 5. The highest BCUT2D eigenvalue weighted by atomic mass is 35.5. The molecule has 0 amide bonds. The second kappa shape index (κ2) is 11.5. The van der Waals surface area contributed by atoms with Crippen LogP contribution in [0, 0.1) is 5.82 Å². The molecule has 2 N–H and O–H groups in total. The van der Waals surface area contributed by atoms with Crippen molar-refractivity contribution in [3.05, 3.63) is 73.6 Å². The Hall–Kier alpha value is -3.18. The molecule has 5 rings (SSSR count). The van der Waals surface area contributed by atoms with Gasteiger partial charge in [-0.1, -0.05) is 28.4 Å². The second-order valence-electron chi connectivity index (χ2n) is 9.16. The van der Waals surface area contributed by atoms with E-state index in [2.05, 4.69) is 15.0 Å². The van der Waals surface area contributed by atoms with Crippen molar-refractivity contribution in [1.29, 1.82) is 0 Å². The van der Waals surface area contributed by atoms with Gasteiger partial charge < -0.3 is 20.0 Å². The summed E-state index contributed by atoms with van der Waals surface area (Å²) < 4.78 is 17.4.